The van der Waals surface area contributed by atoms with E-state index in [1.807, 2.05) is 11.4 Å². The lowest BCUT2D eigenvalue weighted by Crippen LogP contribution is -2.26. The molecule has 1 N–H and O–H groups in total. The molecule has 7 heteroatoms. The molecular weight excluding hydrogens is 331 g/mol. The van der Waals surface area contributed by atoms with E-state index < -0.39 is 0 Å². The smallest absolute Gasteiger partial charge is 0.255 e. The van der Waals surface area contributed by atoms with Crippen LogP contribution in [0.15, 0.2) is 23.6 Å². The number of benzene rings is 1. The first-order valence-electron chi connectivity index (χ1n) is 6.47. The average molecular weight is 343 g/mol. The molecule has 0 spiro atoms. The zero-order valence-corrected chi connectivity index (χ0v) is 13.3. The maximum absolute atomic E-state index is 12.0. The molecule has 0 saturated carbocycles. The quantitative estimate of drug-likeness (QED) is 0.907. The van der Waals surface area contributed by atoms with Crippen molar-refractivity contribution in [3.8, 4) is 11.3 Å². The summed E-state index contributed by atoms with van der Waals surface area (Å²) < 4.78 is 5.34. The molecule has 0 aliphatic carbocycles. The summed E-state index contributed by atoms with van der Waals surface area (Å²) in [6.45, 7) is 0.640. The molecule has 0 radical (unpaired) electrons. The van der Waals surface area contributed by atoms with Gasteiger partial charge in [-0.05, 0) is 31.0 Å². The van der Waals surface area contributed by atoms with Gasteiger partial charge < -0.3 is 4.74 Å². The molecule has 2 aromatic rings. The van der Waals surface area contributed by atoms with Crippen molar-refractivity contribution in [1.82, 2.24) is 4.98 Å². The Morgan fingerprint density at radius 1 is 1.43 bits per heavy atom. The number of anilines is 1. The Morgan fingerprint density at radius 2 is 2.29 bits per heavy atom. The van der Waals surface area contributed by atoms with Crippen LogP contribution in [0.1, 0.15) is 12.8 Å². The van der Waals surface area contributed by atoms with Gasteiger partial charge in [0, 0.05) is 22.6 Å². The molecule has 4 nitrogen and oxygen atoms in total. The number of nitrogens with one attached hydrogen (secondary N) is 1. The van der Waals surface area contributed by atoms with Crippen LogP contribution < -0.4 is 5.32 Å². The molecule has 2 heterocycles. The summed E-state index contributed by atoms with van der Waals surface area (Å²) in [6, 6.07) is 5.24. The van der Waals surface area contributed by atoms with E-state index in [9.17, 15) is 4.79 Å². The van der Waals surface area contributed by atoms with Crippen LogP contribution >= 0.6 is 34.5 Å². The van der Waals surface area contributed by atoms with Gasteiger partial charge in [-0.25, -0.2) is 4.98 Å². The minimum Gasteiger partial charge on any atom is -0.368 e. The number of carbonyl (C=O) groups is 1. The number of carbonyl (C=O) groups excluding carboxylic acids is 1. The third-order valence-electron chi connectivity index (χ3n) is 3.16. The van der Waals surface area contributed by atoms with Crippen LogP contribution in [-0.2, 0) is 9.53 Å². The molecule has 1 aromatic carbocycles. The highest BCUT2D eigenvalue weighted by Crippen LogP contribution is 2.32. The summed E-state index contributed by atoms with van der Waals surface area (Å²) in [5.41, 5.74) is 1.50. The Kier molecular flexibility index (Phi) is 4.45. The molecule has 1 atom stereocenters. The van der Waals surface area contributed by atoms with Crippen LogP contribution in [0.2, 0.25) is 10.0 Å². The van der Waals surface area contributed by atoms with E-state index in [0.717, 1.165) is 18.4 Å². The molecule has 0 unspecified atom stereocenters. The Morgan fingerprint density at radius 3 is 3.00 bits per heavy atom. The molecule has 3 rings (SSSR count). The third kappa shape index (κ3) is 3.37. The van der Waals surface area contributed by atoms with Crippen molar-refractivity contribution in [2.24, 2.45) is 0 Å². The molecule has 1 amide bonds. The van der Waals surface area contributed by atoms with Crippen LogP contribution in [0.5, 0.6) is 0 Å². The van der Waals surface area contributed by atoms with E-state index >= 15 is 0 Å². The predicted molar refractivity (Wildman–Crippen MR) is 85.2 cm³/mol. The van der Waals surface area contributed by atoms with E-state index in [1.54, 1.807) is 12.1 Å². The normalized spacial score (nSPS) is 17.9. The molecule has 1 aliphatic heterocycles. The maximum atomic E-state index is 12.0. The first kappa shape index (κ1) is 14.8. The molecule has 110 valence electrons. The highest BCUT2D eigenvalue weighted by Gasteiger charge is 2.24. The number of hydrogen-bond donors (Lipinski definition) is 1. The fourth-order valence-electron chi connectivity index (χ4n) is 2.12. The first-order valence-corrected chi connectivity index (χ1v) is 8.10. The second-order valence-corrected chi connectivity index (χ2v) is 6.35. The van der Waals surface area contributed by atoms with Crippen molar-refractivity contribution < 1.29 is 9.53 Å². The SMILES string of the molecule is O=C(Nc1nc(-c2ccc(Cl)cc2Cl)cs1)[C@@H]1CCCO1. The van der Waals surface area contributed by atoms with Gasteiger partial charge in [-0.15, -0.1) is 11.3 Å². The summed E-state index contributed by atoms with van der Waals surface area (Å²) in [7, 11) is 0. The zero-order valence-electron chi connectivity index (χ0n) is 10.9. The van der Waals surface area contributed by atoms with Gasteiger partial charge in [0.1, 0.15) is 6.10 Å². The van der Waals surface area contributed by atoms with E-state index in [2.05, 4.69) is 10.3 Å². The largest absolute Gasteiger partial charge is 0.368 e. The Balaban J connectivity index is 1.75. The van der Waals surface area contributed by atoms with Gasteiger partial charge in [0.2, 0.25) is 0 Å². The van der Waals surface area contributed by atoms with Gasteiger partial charge in [-0.2, -0.15) is 0 Å². The van der Waals surface area contributed by atoms with Crippen LogP contribution in [-0.4, -0.2) is 23.6 Å². The molecule has 1 aromatic heterocycles. The predicted octanol–water partition coefficient (Wildman–Crippen LogP) is 4.23. The molecule has 0 bridgehead atoms. The zero-order chi connectivity index (χ0) is 14.8. The third-order valence-corrected chi connectivity index (χ3v) is 4.47. The summed E-state index contributed by atoms with van der Waals surface area (Å²) in [4.78, 5) is 16.3. The molecule has 21 heavy (non-hydrogen) atoms. The van der Waals surface area contributed by atoms with Gasteiger partial charge in [-0.1, -0.05) is 23.2 Å². The van der Waals surface area contributed by atoms with Gasteiger partial charge in [0.15, 0.2) is 5.13 Å². The topological polar surface area (TPSA) is 51.2 Å². The van der Waals surface area contributed by atoms with Crippen molar-refractivity contribution in [3.05, 3.63) is 33.6 Å². The number of aromatic nitrogens is 1. The van der Waals surface area contributed by atoms with Crippen molar-refractivity contribution in [1.29, 1.82) is 0 Å². The molecular formula is C14H12Cl2N2O2S. The van der Waals surface area contributed by atoms with E-state index in [-0.39, 0.29) is 12.0 Å². The lowest BCUT2D eigenvalue weighted by molar-refractivity contribution is -0.124. The number of thiazole rings is 1. The van der Waals surface area contributed by atoms with Gasteiger partial charge in [0.05, 0.1) is 10.7 Å². The van der Waals surface area contributed by atoms with Gasteiger partial charge in [-0.3, -0.25) is 10.1 Å². The number of halogens is 2. The Bertz CT molecular complexity index is 669. The van der Waals surface area contributed by atoms with Crippen LogP contribution in [0, 0.1) is 0 Å². The summed E-state index contributed by atoms with van der Waals surface area (Å²) in [5, 5.41) is 6.27. The number of amides is 1. The fourth-order valence-corrected chi connectivity index (χ4v) is 3.34. The number of hydrogen-bond acceptors (Lipinski definition) is 4. The minimum atomic E-state index is -0.364. The second-order valence-electron chi connectivity index (χ2n) is 4.65. The minimum absolute atomic E-state index is 0.143. The maximum Gasteiger partial charge on any atom is 0.255 e. The molecule has 1 aliphatic rings. The average Bonchev–Trinajstić information content (AvgIpc) is 3.09. The summed E-state index contributed by atoms with van der Waals surface area (Å²) in [6.07, 6.45) is 1.31. The van der Waals surface area contributed by atoms with E-state index in [4.69, 9.17) is 27.9 Å². The van der Waals surface area contributed by atoms with Gasteiger partial charge >= 0.3 is 0 Å². The van der Waals surface area contributed by atoms with Crippen LogP contribution in [0.25, 0.3) is 11.3 Å². The highest BCUT2D eigenvalue weighted by atomic mass is 35.5. The molecule has 1 saturated heterocycles. The Hall–Kier alpha value is -1.14. The highest BCUT2D eigenvalue weighted by molar-refractivity contribution is 7.14. The summed E-state index contributed by atoms with van der Waals surface area (Å²) >= 11 is 13.4. The summed E-state index contributed by atoms with van der Waals surface area (Å²) in [5.74, 6) is -0.143. The molecule has 1 fully saturated rings. The van der Waals surface area contributed by atoms with Crippen molar-refractivity contribution in [3.63, 3.8) is 0 Å². The van der Waals surface area contributed by atoms with E-state index in [1.165, 1.54) is 11.3 Å². The first-order chi connectivity index (χ1) is 10.1. The van der Waals surface area contributed by atoms with Crippen LogP contribution in [0.4, 0.5) is 5.13 Å². The monoisotopic (exact) mass is 342 g/mol. The second kappa shape index (κ2) is 6.32. The van der Waals surface area contributed by atoms with Gasteiger partial charge in [0.25, 0.3) is 5.91 Å². The fraction of sp³-hybridized carbons (Fsp3) is 0.286. The van der Waals surface area contributed by atoms with Crippen molar-refractivity contribution in [2.45, 2.75) is 18.9 Å². The van der Waals surface area contributed by atoms with Crippen molar-refractivity contribution in [2.75, 3.05) is 11.9 Å². The Labute approximate surface area is 136 Å². The lowest BCUT2D eigenvalue weighted by atomic mass is 10.2. The lowest BCUT2D eigenvalue weighted by Gasteiger charge is -2.07. The number of ether oxygens (including phenoxy) is 1. The number of nitrogens with zero attached hydrogens (tertiary/aromatic N) is 1. The standard InChI is InChI=1S/C14H12Cl2N2O2S/c15-8-3-4-9(10(16)6-8)11-7-21-14(17-11)18-13(19)12-2-1-5-20-12/h3-4,6-7,12H,1-2,5H2,(H,17,18,19)/t12-/m0/s1. The van der Waals surface area contributed by atoms with Crippen LogP contribution in [0.3, 0.4) is 0 Å². The number of rotatable bonds is 3. The van der Waals surface area contributed by atoms with E-state index in [0.29, 0.717) is 27.5 Å². The van der Waals surface area contributed by atoms with Crippen molar-refractivity contribution >= 4 is 45.6 Å².